The number of rotatable bonds is 5. The molecule has 0 radical (unpaired) electrons. The lowest BCUT2D eigenvalue weighted by molar-refractivity contribution is -0.137. The third-order valence-electron chi connectivity index (χ3n) is 4.86. The average Bonchev–Trinajstić information content (AvgIpc) is 2.69. The Morgan fingerprint density at radius 1 is 1.07 bits per heavy atom. The highest BCUT2D eigenvalue weighted by Crippen LogP contribution is 2.30. The number of amides is 1. The van der Waals surface area contributed by atoms with Gasteiger partial charge in [-0.05, 0) is 30.7 Å². The van der Waals surface area contributed by atoms with Crippen molar-refractivity contribution in [2.24, 2.45) is 0 Å². The molecule has 1 fully saturated rings. The van der Waals surface area contributed by atoms with Crippen molar-refractivity contribution in [1.29, 1.82) is 0 Å². The van der Waals surface area contributed by atoms with Crippen molar-refractivity contribution in [3.05, 3.63) is 71.3 Å². The fraction of sp³-hybridized carbons (Fsp3) is 0.381. The monoisotopic (exact) mass is 392 g/mol. The number of ether oxygens (including phenoxy) is 1. The lowest BCUT2D eigenvalue weighted by Gasteiger charge is -2.38. The van der Waals surface area contributed by atoms with E-state index in [-0.39, 0.29) is 17.6 Å². The van der Waals surface area contributed by atoms with Crippen molar-refractivity contribution in [2.45, 2.75) is 25.2 Å². The van der Waals surface area contributed by atoms with E-state index in [1.807, 2.05) is 37.3 Å². The highest BCUT2D eigenvalue weighted by Gasteiger charge is 2.32. The van der Waals surface area contributed by atoms with E-state index >= 15 is 0 Å². The Hall–Kier alpha value is -2.38. The molecule has 0 saturated carbocycles. The number of nitrogens with one attached hydrogen (secondary N) is 1. The van der Waals surface area contributed by atoms with E-state index in [1.54, 1.807) is 0 Å². The van der Waals surface area contributed by atoms with Gasteiger partial charge in [0.05, 0.1) is 24.8 Å². The summed E-state index contributed by atoms with van der Waals surface area (Å²) in [6.07, 6.45) is -4.48. The van der Waals surface area contributed by atoms with Gasteiger partial charge < -0.3 is 10.1 Å². The molecule has 2 aromatic carbocycles. The number of halogens is 3. The average molecular weight is 392 g/mol. The molecule has 1 aliphatic heterocycles. The highest BCUT2D eigenvalue weighted by atomic mass is 19.4. The molecule has 4 nitrogen and oxygen atoms in total. The largest absolute Gasteiger partial charge is 0.416 e. The predicted molar refractivity (Wildman–Crippen MR) is 99.9 cm³/mol. The fourth-order valence-corrected chi connectivity index (χ4v) is 3.53. The third kappa shape index (κ3) is 4.91. The maximum atomic E-state index is 12.9. The minimum Gasteiger partial charge on any atom is -0.379 e. The van der Waals surface area contributed by atoms with Crippen molar-refractivity contribution >= 4 is 5.91 Å². The summed E-state index contributed by atoms with van der Waals surface area (Å²) in [7, 11) is 0. The smallest absolute Gasteiger partial charge is 0.379 e. The van der Waals surface area contributed by atoms with E-state index in [9.17, 15) is 18.0 Å². The first-order valence-corrected chi connectivity index (χ1v) is 9.21. The first-order chi connectivity index (χ1) is 13.4. The summed E-state index contributed by atoms with van der Waals surface area (Å²) < 4.78 is 44.2. The van der Waals surface area contributed by atoms with Crippen LogP contribution in [0.1, 0.15) is 34.5 Å². The number of hydrogen-bond donors (Lipinski definition) is 1. The number of benzene rings is 2. The maximum absolute atomic E-state index is 12.9. The van der Waals surface area contributed by atoms with Crippen LogP contribution in [0.4, 0.5) is 13.2 Å². The molecule has 0 aromatic heterocycles. The molecule has 0 bridgehead atoms. The van der Waals surface area contributed by atoms with Gasteiger partial charge in [-0.15, -0.1) is 0 Å². The summed E-state index contributed by atoms with van der Waals surface area (Å²) in [6.45, 7) is 4.54. The fourth-order valence-electron chi connectivity index (χ4n) is 3.53. The molecular formula is C21H23F3N2O2. The van der Waals surface area contributed by atoms with Crippen LogP contribution in [0.2, 0.25) is 0 Å². The van der Waals surface area contributed by atoms with E-state index in [4.69, 9.17) is 4.74 Å². The van der Waals surface area contributed by atoms with Crippen molar-refractivity contribution in [2.75, 3.05) is 26.3 Å². The van der Waals surface area contributed by atoms with E-state index < -0.39 is 17.6 Å². The molecule has 0 aliphatic carbocycles. The Kier molecular flexibility index (Phi) is 6.36. The van der Waals surface area contributed by atoms with E-state index in [0.717, 1.165) is 30.8 Å². The lowest BCUT2D eigenvalue weighted by atomic mass is 9.97. The Labute approximate surface area is 162 Å². The molecule has 150 valence electrons. The number of morpholine rings is 1. The van der Waals surface area contributed by atoms with Gasteiger partial charge in [-0.2, -0.15) is 13.2 Å². The van der Waals surface area contributed by atoms with Crippen LogP contribution < -0.4 is 5.32 Å². The SMILES string of the molecule is C[C@@H](NC(=O)c1cccc(C(F)(F)F)c1)[C@H](c1ccccc1)N1CCOCC1. The molecule has 1 aliphatic rings. The second-order valence-electron chi connectivity index (χ2n) is 6.84. The van der Waals surface area contributed by atoms with Crippen LogP contribution in [0, 0.1) is 0 Å². The molecule has 2 aromatic rings. The van der Waals surface area contributed by atoms with Crippen molar-refractivity contribution < 1.29 is 22.7 Å². The van der Waals surface area contributed by atoms with Gasteiger partial charge in [0.15, 0.2) is 0 Å². The van der Waals surface area contributed by atoms with Crippen LogP contribution in [0.25, 0.3) is 0 Å². The quantitative estimate of drug-likeness (QED) is 0.839. The lowest BCUT2D eigenvalue weighted by Crippen LogP contribution is -2.48. The van der Waals surface area contributed by atoms with Crippen LogP contribution >= 0.6 is 0 Å². The Morgan fingerprint density at radius 3 is 2.39 bits per heavy atom. The van der Waals surface area contributed by atoms with Crippen LogP contribution in [0.5, 0.6) is 0 Å². The van der Waals surface area contributed by atoms with Crippen molar-refractivity contribution in [3.63, 3.8) is 0 Å². The van der Waals surface area contributed by atoms with Gasteiger partial charge in [-0.1, -0.05) is 36.4 Å². The summed E-state index contributed by atoms with van der Waals surface area (Å²) in [4.78, 5) is 14.9. The molecule has 3 rings (SSSR count). The Balaban J connectivity index is 1.79. The maximum Gasteiger partial charge on any atom is 0.416 e. The van der Waals surface area contributed by atoms with Gasteiger partial charge in [-0.25, -0.2) is 0 Å². The van der Waals surface area contributed by atoms with Crippen molar-refractivity contribution in [1.82, 2.24) is 10.2 Å². The normalized spacial score (nSPS) is 17.7. The second-order valence-corrected chi connectivity index (χ2v) is 6.84. The predicted octanol–water partition coefficient (Wildman–Crippen LogP) is 3.90. The number of carbonyl (C=O) groups excluding carboxylic acids is 1. The van der Waals surface area contributed by atoms with Crippen LogP contribution in [0.15, 0.2) is 54.6 Å². The standard InChI is InChI=1S/C21H23F3N2O2/c1-15(25-20(27)17-8-5-9-18(14-17)21(22,23)24)19(16-6-3-2-4-7-16)26-10-12-28-13-11-26/h2-9,14-15,19H,10-13H2,1H3,(H,25,27)/t15-,19-/m1/s1. The number of hydrogen-bond acceptors (Lipinski definition) is 3. The minimum atomic E-state index is -4.48. The molecular weight excluding hydrogens is 369 g/mol. The van der Waals surface area contributed by atoms with Crippen LogP contribution in [-0.4, -0.2) is 43.2 Å². The van der Waals surface area contributed by atoms with Gasteiger partial charge in [0.2, 0.25) is 0 Å². The first-order valence-electron chi connectivity index (χ1n) is 9.21. The number of nitrogens with zero attached hydrogens (tertiary/aromatic N) is 1. The summed E-state index contributed by atoms with van der Waals surface area (Å²) >= 11 is 0. The van der Waals surface area contributed by atoms with Gasteiger partial charge in [0, 0.05) is 24.7 Å². The van der Waals surface area contributed by atoms with Crippen LogP contribution in [0.3, 0.4) is 0 Å². The molecule has 7 heteroatoms. The Bertz CT molecular complexity index is 790. The molecule has 2 atom stereocenters. The summed E-state index contributed by atoms with van der Waals surface area (Å²) in [6, 6.07) is 13.9. The minimum absolute atomic E-state index is 0.00420. The van der Waals surface area contributed by atoms with Gasteiger partial charge >= 0.3 is 6.18 Å². The van der Waals surface area contributed by atoms with Gasteiger partial charge in [0.25, 0.3) is 5.91 Å². The number of alkyl halides is 3. The Morgan fingerprint density at radius 2 is 1.75 bits per heavy atom. The molecule has 1 heterocycles. The molecule has 1 N–H and O–H groups in total. The highest BCUT2D eigenvalue weighted by molar-refractivity contribution is 5.94. The molecule has 28 heavy (non-hydrogen) atoms. The molecule has 0 spiro atoms. The summed E-state index contributed by atoms with van der Waals surface area (Å²) in [5.74, 6) is -0.521. The molecule has 1 saturated heterocycles. The summed E-state index contributed by atoms with van der Waals surface area (Å²) in [5.41, 5.74) is 0.206. The van der Waals surface area contributed by atoms with E-state index in [1.165, 1.54) is 12.1 Å². The zero-order chi connectivity index (χ0) is 20.1. The van der Waals surface area contributed by atoms with Gasteiger partial charge in [0.1, 0.15) is 0 Å². The second kappa shape index (κ2) is 8.75. The summed E-state index contributed by atoms with van der Waals surface area (Å²) in [5, 5.41) is 2.88. The molecule has 0 unspecified atom stereocenters. The van der Waals surface area contributed by atoms with Crippen molar-refractivity contribution in [3.8, 4) is 0 Å². The van der Waals surface area contributed by atoms with E-state index in [0.29, 0.717) is 13.2 Å². The van der Waals surface area contributed by atoms with Crippen LogP contribution in [-0.2, 0) is 10.9 Å². The number of carbonyl (C=O) groups is 1. The topological polar surface area (TPSA) is 41.6 Å². The first kappa shape index (κ1) is 20.4. The zero-order valence-electron chi connectivity index (χ0n) is 15.6. The van der Waals surface area contributed by atoms with E-state index in [2.05, 4.69) is 10.2 Å². The molecule has 1 amide bonds. The third-order valence-corrected chi connectivity index (χ3v) is 4.86. The zero-order valence-corrected chi connectivity index (χ0v) is 15.6. The van der Waals surface area contributed by atoms with Gasteiger partial charge in [-0.3, -0.25) is 9.69 Å².